The van der Waals surface area contributed by atoms with Crippen molar-refractivity contribution in [3.05, 3.63) is 0 Å². The summed E-state index contributed by atoms with van der Waals surface area (Å²) in [5.74, 6) is 2.35. The fraction of sp³-hybridized carbons (Fsp3) is 0.800. The summed E-state index contributed by atoms with van der Waals surface area (Å²) in [4.78, 5) is 18.4. The van der Waals surface area contributed by atoms with Gasteiger partial charge in [-0.15, -0.1) is 0 Å². The predicted octanol–water partition coefficient (Wildman–Crippen LogP) is 2.28. The van der Waals surface area contributed by atoms with Crippen LogP contribution in [0.2, 0.25) is 0 Å². The van der Waals surface area contributed by atoms with Gasteiger partial charge < -0.3 is 15.1 Å². The van der Waals surface area contributed by atoms with Crippen LogP contribution in [0.3, 0.4) is 0 Å². The fourth-order valence-electron chi connectivity index (χ4n) is 3.26. The van der Waals surface area contributed by atoms with E-state index < -0.39 is 0 Å². The van der Waals surface area contributed by atoms with E-state index in [0.717, 1.165) is 31.5 Å². The zero-order chi connectivity index (χ0) is 14.7. The van der Waals surface area contributed by atoms with Crippen molar-refractivity contribution in [3.63, 3.8) is 0 Å². The number of hydrogen-bond acceptors (Lipinski definition) is 6. The van der Waals surface area contributed by atoms with Crippen molar-refractivity contribution in [1.82, 2.24) is 15.0 Å². The lowest BCUT2D eigenvalue weighted by Gasteiger charge is -2.26. The Morgan fingerprint density at radius 2 is 1.81 bits per heavy atom. The van der Waals surface area contributed by atoms with Crippen LogP contribution in [0, 0.1) is 0 Å². The minimum atomic E-state index is 0.577. The Morgan fingerprint density at radius 1 is 1.10 bits per heavy atom. The van der Waals surface area contributed by atoms with Gasteiger partial charge in [-0.25, -0.2) is 0 Å². The van der Waals surface area contributed by atoms with Crippen LogP contribution in [0.4, 0.5) is 17.8 Å². The van der Waals surface area contributed by atoms with Crippen LogP contribution < -0.4 is 15.1 Å². The van der Waals surface area contributed by atoms with Crippen LogP contribution in [-0.2, 0) is 0 Å². The van der Waals surface area contributed by atoms with E-state index in [1.54, 1.807) is 0 Å². The van der Waals surface area contributed by atoms with Gasteiger partial charge in [-0.3, -0.25) is 0 Å². The molecule has 2 aliphatic rings. The highest BCUT2D eigenvalue weighted by molar-refractivity contribution is 5.46. The van der Waals surface area contributed by atoms with Gasteiger partial charge >= 0.3 is 0 Å². The van der Waals surface area contributed by atoms with Gasteiger partial charge in [0.1, 0.15) is 0 Å². The van der Waals surface area contributed by atoms with Crippen molar-refractivity contribution in [2.45, 2.75) is 51.5 Å². The van der Waals surface area contributed by atoms with Crippen LogP contribution in [0.1, 0.15) is 45.4 Å². The standard InChI is InChI=1S/C15H26N6/c1-3-16-13-17-14(20(2)12-8-4-5-9-12)19-15(18-13)21-10-6-7-11-21/h12H,3-11H2,1-2H3,(H,16,17,18,19). The Labute approximate surface area is 127 Å². The molecule has 0 radical (unpaired) electrons. The Bertz CT molecular complexity index is 465. The molecule has 0 amide bonds. The molecule has 0 unspecified atom stereocenters. The lowest BCUT2D eigenvalue weighted by molar-refractivity contribution is 0.636. The topological polar surface area (TPSA) is 57.2 Å². The first-order valence-electron chi connectivity index (χ1n) is 8.25. The van der Waals surface area contributed by atoms with Gasteiger partial charge in [0, 0.05) is 32.7 Å². The minimum absolute atomic E-state index is 0.577. The van der Waals surface area contributed by atoms with E-state index >= 15 is 0 Å². The van der Waals surface area contributed by atoms with E-state index in [9.17, 15) is 0 Å². The summed E-state index contributed by atoms with van der Waals surface area (Å²) in [6.07, 6.45) is 7.60. The van der Waals surface area contributed by atoms with E-state index in [1.165, 1.54) is 38.5 Å². The smallest absolute Gasteiger partial charge is 0.231 e. The molecule has 1 aromatic heterocycles. The Hall–Kier alpha value is -1.59. The van der Waals surface area contributed by atoms with Crippen molar-refractivity contribution < 1.29 is 0 Å². The molecule has 21 heavy (non-hydrogen) atoms. The van der Waals surface area contributed by atoms with E-state index in [-0.39, 0.29) is 0 Å². The molecule has 1 aliphatic heterocycles. The first kappa shape index (κ1) is 14.4. The van der Waals surface area contributed by atoms with Crippen LogP contribution in [-0.4, -0.2) is 47.7 Å². The van der Waals surface area contributed by atoms with Crippen LogP contribution in [0.25, 0.3) is 0 Å². The number of rotatable bonds is 5. The maximum atomic E-state index is 4.73. The number of anilines is 3. The van der Waals surface area contributed by atoms with E-state index in [4.69, 9.17) is 4.98 Å². The fourth-order valence-corrected chi connectivity index (χ4v) is 3.26. The van der Waals surface area contributed by atoms with Crippen LogP contribution in [0.15, 0.2) is 0 Å². The van der Waals surface area contributed by atoms with Gasteiger partial charge in [0.05, 0.1) is 0 Å². The van der Waals surface area contributed by atoms with E-state index in [0.29, 0.717) is 12.0 Å². The molecule has 0 spiro atoms. The molecule has 2 fully saturated rings. The second kappa shape index (κ2) is 6.45. The van der Waals surface area contributed by atoms with Gasteiger partial charge in [-0.05, 0) is 32.6 Å². The van der Waals surface area contributed by atoms with Crippen molar-refractivity contribution >= 4 is 17.8 Å². The lowest BCUT2D eigenvalue weighted by Crippen LogP contribution is -2.32. The van der Waals surface area contributed by atoms with E-state index in [2.05, 4.69) is 39.1 Å². The molecule has 116 valence electrons. The Kier molecular flexibility index (Phi) is 4.41. The second-order valence-electron chi connectivity index (χ2n) is 6.03. The highest BCUT2D eigenvalue weighted by Gasteiger charge is 2.24. The Balaban J connectivity index is 1.86. The van der Waals surface area contributed by atoms with Gasteiger partial charge in [-0.1, -0.05) is 12.8 Å². The number of nitrogens with zero attached hydrogens (tertiary/aromatic N) is 5. The monoisotopic (exact) mass is 290 g/mol. The average molecular weight is 290 g/mol. The molecule has 1 N–H and O–H groups in total. The molecule has 3 rings (SSSR count). The summed E-state index contributed by atoms with van der Waals surface area (Å²) in [7, 11) is 2.12. The molecule has 1 aromatic rings. The average Bonchev–Trinajstić information content (AvgIpc) is 3.19. The van der Waals surface area contributed by atoms with Gasteiger partial charge in [-0.2, -0.15) is 15.0 Å². The first-order valence-corrected chi connectivity index (χ1v) is 8.25. The zero-order valence-corrected chi connectivity index (χ0v) is 13.2. The highest BCUT2D eigenvalue weighted by atomic mass is 15.4. The minimum Gasteiger partial charge on any atom is -0.354 e. The molecule has 6 nitrogen and oxygen atoms in total. The summed E-state index contributed by atoms with van der Waals surface area (Å²) in [6.45, 7) is 5.01. The van der Waals surface area contributed by atoms with E-state index in [1.807, 2.05) is 0 Å². The van der Waals surface area contributed by atoms with Gasteiger partial charge in [0.2, 0.25) is 17.8 Å². The third-order valence-corrected chi connectivity index (χ3v) is 4.52. The number of nitrogens with one attached hydrogen (secondary N) is 1. The Morgan fingerprint density at radius 3 is 2.48 bits per heavy atom. The highest BCUT2D eigenvalue weighted by Crippen LogP contribution is 2.27. The summed E-state index contributed by atoms with van der Waals surface area (Å²) >= 11 is 0. The zero-order valence-electron chi connectivity index (χ0n) is 13.2. The maximum absolute atomic E-state index is 4.73. The summed E-state index contributed by atoms with van der Waals surface area (Å²) < 4.78 is 0. The normalized spacial score (nSPS) is 19.2. The number of aromatic nitrogens is 3. The van der Waals surface area contributed by atoms with Crippen molar-refractivity contribution in [3.8, 4) is 0 Å². The summed E-state index contributed by atoms with van der Waals surface area (Å²) in [5, 5.41) is 3.24. The summed E-state index contributed by atoms with van der Waals surface area (Å²) in [5.41, 5.74) is 0. The third-order valence-electron chi connectivity index (χ3n) is 4.52. The third kappa shape index (κ3) is 3.19. The van der Waals surface area contributed by atoms with Crippen molar-refractivity contribution in [1.29, 1.82) is 0 Å². The molecule has 0 atom stereocenters. The van der Waals surface area contributed by atoms with Crippen molar-refractivity contribution in [2.75, 3.05) is 41.8 Å². The molecular weight excluding hydrogens is 264 g/mol. The van der Waals surface area contributed by atoms with Crippen LogP contribution >= 0.6 is 0 Å². The molecule has 1 saturated heterocycles. The molecule has 6 heteroatoms. The lowest BCUT2D eigenvalue weighted by atomic mass is 10.2. The molecule has 1 saturated carbocycles. The molecular formula is C15H26N6. The maximum Gasteiger partial charge on any atom is 0.231 e. The predicted molar refractivity (Wildman–Crippen MR) is 86.1 cm³/mol. The van der Waals surface area contributed by atoms with Crippen LogP contribution in [0.5, 0.6) is 0 Å². The van der Waals surface area contributed by atoms with Crippen molar-refractivity contribution in [2.24, 2.45) is 0 Å². The largest absolute Gasteiger partial charge is 0.354 e. The summed E-state index contributed by atoms with van der Waals surface area (Å²) in [6, 6.07) is 0.577. The molecule has 0 aromatic carbocycles. The molecule has 1 aliphatic carbocycles. The van der Waals surface area contributed by atoms with Gasteiger partial charge in [0.15, 0.2) is 0 Å². The first-order chi connectivity index (χ1) is 10.3. The second-order valence-corrected chi connectivity index (χ2v) is 6.03. The van der Waals surface area contributed by atoms with Gasteiger partial charge in [0.25, 0.3) is 0 Å². The molecule has 0 bridgehead atoms. The SMILES string of the molecule is CCNc1nc(N2CCCC2)nc(N(C)C2CCCC2)n1. The quantitative estimate of drug-likeness (QED) is 0.898. The molecule has 2 heterocycles. The number of hydrogen-bond donors (Lipinski definition) is 1.